The van der Waals surface area contributed by atoms with Crippen molar-refractivity contribution in [3.8, 4) is 5.75 Å². The number of carbonyl (C=O) groups is 1. The Labute approximate surface area is 229 Å². The number of rotatable bonds is 9. The van der Waals surface area contributed by atoms with Crippen molar-refractivity contribution in [2.24, 2.45) is 0 Å². The summed E-state index contributed by atoms with van der Waals surface area (Å²) in [7, 11) is -3.86. The highest BCUT2D eigenvalue weighted by molar-refractivity contribution is 7.93. The van der Waals surface area contributed by atoms with Gasteiger partial charge in [0.25, 0.3) is 15.9 Å². The lowest BCUT2D eigenvalue weighted by atomic mass is 9.94. The molecule has 0 spiro atoms. The molecule has 39 heavy (non-hydrogen) atoms. The number of hydrogen-bond donors (Lipinski definition) is 2. The Balaban J connectivity index is 1.48. The van der Waals surface area contributed by atoms with Gasteiger partial charge in [-0.2, -0.15) is 13.2 Å². The minimum absolute atomic E-state index is 0.0281. The van der Waals surface area contributed by atoms with Crippen molar-refractivity contribution >= 4 is 32.4 Å². The van der Waals surface area contributed by atoms with Gasteiger partial charge in [0.2, 0.25) is 5.13 Å². The molecule has 2 aromatic carbocycles. The van der Waals surface area contributed by atoms with E-state index in [4.69, 9.17) is 4.74 Å². The van der Waals surface area contributed by atoms with Crippen LogP contribution in [0.2, 0.25) is 0 Å². The summed E-state index contributed by atoms with van der Waals surface area (Å²) in [6.07, 6.45) is -2.28. The van der Waals surface area contributed by atoms with Crippen LogP contribution in [0.1, 0.15) is 78.4 Å². The number of halogens is 3. The monoisotopic (exact) mass is 582 g/mol. The molecule has 4 rings (SSSR count). The van der Waals surface area contributed by atoms with Gasteiger partial charge in [0.1, 0.15) is 10.8 Å². The van der Waals surface area contributed by atoms with Crippen LogP contribution in [0.3, 0.4) is 0 Å². The molecular formula is C26H29F3N4O4S2. The number of sulfonamides is 1. The SMILES string of the molecule is CCOc1cc(C(F)(F)F)ccc1C(=O)N[C@H]1CCC[C@@H]1c1ccc(S(=O)(=O)Nc2nnc(C(C)C)s2)cc1. The Morgan fingerprint density at radius 3 is 2.46 bits per heavy atom. The van der Waals surface area contributed by atoms with Crippen LogP contribution in [0.25, 0.3) is 0 Å². The van der Waals surface area contributed by atoms with Gasteiger partial charge >= 0.3 is 6.18 Å². The molecule has 0 saturated heterocycles. The highest BCUT2D eigenvalue weighted by Crippen LogP contribution is 2.37. The van der Waals surface area contributed by atoms with E-state index < -0.39 is 27.7 Å². The van der Waals surface area contributed by atoms with Crippen LogP contribution in [0.15, 0.2) is 47.4 Å². The van der Waals surface area contributed by atoms with Crippen LogP contribution in [0, 0.1) is 0 Å². The average Bonchev–Trinajstić information content (AvgIpc) is 3.53. The number of nitrogens with zero attached hydrogens (tertiary/aromatic N) is 2. The van der Waals surface area contributed by atoms with Gasteiger partial charge in [-0.15, -0.1) is 10.2 Å². The summed E-state index contributed by atoms with van der Waals surface area (Å²) in [6, 6.07) is 8.99. The van der Waals surface area contributed by atoms with E-state index in [1.54, 1.807) is 19.1 Å². The molecule has 0 aliphatic heterocycles. The highest BCUT2D eigenvalue weighted by atomic mass is 32.2. The van der Waals surface area contributed by atoms with Gasteiger partial charge in [0.05, 0.1) is 22.6 Å². The summed E-state index contributed by atoms with van der Waals surface area (Å²) < 4.78 is 72.9. The predicted molar refractivity (Wildman–Crippen MR) is 142 cm³/mol. The van der Waals surface area contributed by atoms with Gasteiger partial charge in [0, 0.05) is 17.9 Å². The van der Waals surface area contributed by atoms with Crippen LogP contribution in [0.5, 0.6) is 5.75 Å². The number of alkyl halides is 3. The van der Waals surface area contributed by atoms with E-state index in [0.717, 1.165) is 41.6 Å². The maximum atomic E-state index is 13.1. The molecule has 1 amide bonds. The highest BCUT2D eigenvalue weighted by Gasteiger charge is 2.34. The smallest absolute Gasteiger partial charge is 0.416 e. The van der Waals surface area contributed by atoms with E-state index in [1.165, 1.54) is 23.5 Å². The molecule has 2 atom stereocenters. The van der Waals surface area contributed by atoms with Gasteiger partial charge in [-0.05, 0) is 55.7 Å². The zero-order valence-corrected chi connectivity index (χ0v) is 23.2. The van der Waals surface area contributed by atoms with Gasteiger partial charge in [-0.25, -0.2) is 8.42 Å². The largest absolute Gasteiger partial charge is 0.493 e. The van der Waals surface area contributed by atoms with Crippen LogP contribution in [-0.2, 0) is 16.2 Å². The van der Waals surface area contributed by atoms with Gasteiger partial charge in [0.15, 0.2) is 0 Å². The van der Waals surface area contributed by atoms with Crippen molar-refractivity contribution < 1.29 is 31.1 Å². The van der Waals surface area contributed by atoms with Crippen LogP contribution >= 0.6 is 11.3 Å². The van der Waals surface area contributed by atoms with E-state index in [9.17, 15) is 26.4 Å². The number of benzene rings is 2. The fourth-order valence-electron chi connectivity index (χ4n) is 4.52. The van der Waals surface area contributed by atoms with Crippen molar-refractivity contribution in [1.82, 2.24) is 15.5 Å². The lowest BCUT2D eigenvalue weighted by Crippen LogP contribution is -2.36. The average molecular weight is 583 g/mol. The first kappa shape index (κ1) is 28.8. The lowest BCUT2D eigenvalue weighted by Gasteiger charge is -2.22. The summed E-state index contributed by atoms with van der Waals surface area (Å²) in [6.45, 7) is 5.62. The van der Waals surface area contributed by atoms with Crippen LogP contribution < -0.4 is 14.8 Å². The third-order valence-corrected chi connectivity index (χ3v) is 9.08. The number of ether oxygens (including phenoxy) is 1. The van der Waals surface area contributed by atoms with Crippen molar-refractivity contribution in [1.29, 1.82) is 0 Å². The van der Waals surface area contributed by atoms with E-state index in [-0.39, 0.29) is 45.8 Å². The third-order valence-electron chi connectivity index (χ3n) is 6.46. The molecule has 1 heterocycles. The van der Waals surface area contributed by atoms with Gasteiger partial charge in [-0.1, -0.05) is 43.7 Å². The zero-order chi connectivity index (χ0) is 28.4. The second-order valence-electron chi connectivity index (χ2n) is 9.53. The summed E-state index contributed by atoms with van der Waals surface area (Å²) in [4.78, 5) is 13.1. The fraction of sp³-hybridized carbons (Fsp3) is 0.423. The molecule has 0 unspecified atom stereocenters. The summed E-state index contributed by atoms with van der Waals surface area (Å²) in [5.41, 5.74) is -0.00946. The van der Waals surface area contributed by atoms with Gasteiger partial charge in [-0.3, -0.25) is 9.52 Å². The molecule has 1 aliphatic carbocycles. The molecular weight excluding hydrogens is 553 g/mol. The number of anilines is 1. The van der Waals surface area contributed by atoms with Crippen LogP contribution in [0.4, 0.5) is 18.3 Å². The molecule has 1 fully saturated rings. The molecule has 13 heteroatoms. The Morgan fingerprint density at radius 1 is 1.13 bits per heavy atom. The first-order chi connectivity index (χ1) is 18.4. The summed E-state index contributed by atoms with van der Waals surface area (Å²) in [5.74, 6) is -0.604. The number of hydrogen-bond acceptors (Lipinski definition) is 7. The predicted octanol–water partition coefficient (Wildman–Crippen LogP) is 5.95. The number of amides is 1. The maximum absolute atomic E-state index is 13.1. The maximum Gasteiger partial charge on any atom is 0.416 e. The standard InChI is InChI=1S/C26H29F3N4O4S2/c1-4-37-22-14-17(26(27,28)29)10-13-20(22)23(34)30-21-7-5-6-19(21)16-8-11-18(12-9-16)39(35,36)33-25-32-31-24(38-25)15(2)3/h8-15,19,21H,4-7H2,1-3H3,(H,30,34)(H,32,33)/t19-,21+/m1/s1. The Kier molecular flexibility index (Phi) is 8.50. The van der Waals surface area contributed by atoms with Crippen LogP contribution in [-0.4, -0.2) is 37.2 Å². The molecule has 210 valence electrons. The Morgan fingerprint density at radius 2 is 1.85 bits per heavy atom. The van der Waals surface area contributed by atoms with Gasteiger partial charge < -0.3 is 10.1 Å². The molecule has 1 aliphatic rings. The number of nitrogens with one attached hydrogen (secondary N) is 2. The van der Waals surface area contributed by atoms with Crippen molar-refractivity contribution in [3.05, 3.63) is 64.2 Å². The Hall–Kier alpha value is -3.19. The van der Waals surface area contributed by atoms with E-state index in [1.807, 2.05) is 13.8 Å². The number of carbonyl (C=O) groups excluding carboxylic acids is 1. The summed E-state index contributed by atoms with van der Waals surface area (Å²) >= 11 is 1.18. The first-order valence-electron chi connectivity index (χ1n) is 12.5. The molecule has 1 aromatic heterocycles. The second-order valence-corrected chi connectivity index (χ2v) is 12.2. The topological polar surface area (TPSA) is 110 Å². The molecule has 2 N–H and O–H groups in total. The molecule has 0 bridgehead atoms. The molecule has 3 aromatic rings. The lowest BCUT2D eigenvalue weighted by molar-refractivity contribution is -0.137. The number of aromatic nitrogens is 2. The first-order valence-corrected chi connectivity index (χ1v) is 14.8. The van der Waals surface area contributed by atoms with Crippen molar-refractivity contribution in [3.63, 3.8) is 0 Å². The minimum atomic E-state index is -4.55. The summed E-state index contributed by atoms with van der Waals surface area (Å²) in [5, 5.41) is 11.8. The van der Waals surface area contributed by atoms with E-state index in [0.29, 0.717) is 6.42 Å². The van der Waals surface area contributed by atoms with Crippen molar-refractivity contribution in [2.45, 2.75) is 69.0 Å². The van der Waals surface area contributed by atoms with Crippen molar-refractivity contribution in [2.75, 3.05) is 11.3 Å². The fourth-order valence-corrected chi connectivity index (χ4v) is 6.49. The molecule has 8 nitrogen and oxygen atoms in total. The second kappa shape index (κ2) is 11.5. The zero-order valence-electron chi connectivity index (χ0n) is 21.6. The molecule has 1 saturated carbocycles. The van der Waals surface area contributed by atoms with E-state index >= 15 is 0 Å². The molecule has 0 radical (unpaired) electrons. The normalized spacial score (nSPS) is 17.8. The minimum Gasteiger partial charge on any atom is -0.493 e. The quantitative estimate of drug-likeness (QED) is 0.323. The van der Waals surface area contributed by atoms with E-state index in [2.05, 4.69) is 20.2 Å². The third kappa shape index (κ3) is 6.70. The Bertz CT molecular complexity index is 1420.